The fourth-order valence-electron chi connectivity index (χ4n) is 1.89. The highest BCUT2D eigenvalue weighted by atomic mass is 16.5. The van der Waals surface area contributed by atoms with Crippen molar-refractivity contribution in [3.05, 3.63) is 53.6 Å². The van der Waals surface area contributed by atoms with Gasteiger partial charge in [-0.2, -0.15) is 0 Å². The Bertz CT molecular complexity index is 823. The normalized spacial score (nSPS) is 10.9. The number of carbonyl (C=O) groups is 3. The Morgan fingerprint density at radius 1 is 1.08 bits per heavy atom. The maximum atomic E-state index is 12.3. The molecule has 2 aromatic rings. The summed E-state index contributed by atoms with van der Waals surface area (Å²) < 4.78 is 5.09. The minimum atomic E-state index is -0.687. The van der Waals surface area contributed by atoms with Crippen molar-refractivity contribution in [1.29, 1.82) is 0 Å². The molecule has 0 fully saturated rings. The standard InChI is InChI=1S/C19H21N3O4/c1-12-9-21-15(10-20-12)17(24)22-14-8-6-5-7-13(14)18(25)26-11-16(23)19(2,3)4/h5-10H,11H2,1-4H3,(H,22,24). The predicted molar refractivity (Wildman–Crippen MR) is 95.9 cm³/mol. The molecule has 7 nitrogen and oxygen atoms in total. The molecule has 1 aromatic carbocycles. The zero-order chi connectivity index (χ0) is 19.3. The molecule has 0 spiro atoms. The van der Waals surface area contributed by atoms with Crippen LogP contribution in [0.15, 0.2) is 36.7 Å². The highest BCUT2D eigenvalue weighted by Gasteiger charge is 2.23. The van der Waals surface area contributed by atoms with Crippen LogP contribution >= 0.6 is 0 Å². The molecule has 0 aliphatic heterocycles. The van der Waals surface area contributed by atoms with E-state index in [1.165, 1.54) is 18.5 Å². The summed E-state index contributed by atoms with van der Waals surface area (Å²) in [5, 5.41) is 2.62. The predicted octanol–water partition coefficient (Wildman–Crippen LogP) is 2.81. The van der Waals surface area contributed by atoms with Crippen molar-refractivity contribution in [3.8, 4) is 0 Å². The summed E-state index contributed by atoms with van der Waals surface area (Å²) in [6, 6.07) is 6.40. The van der Waals surface area contributed by atoms with E-state index in [2.05, 4.69) is 15.3 Å². The van der Waals surface area contributed by atoms with Gasteiger partial charge < -0.3 is 10.1 Å². The van der Waals surface area contributed by atoms with Crippen molar-refractivity contribution in [2.45, 2.75) is 27.7 Å². The number of nitrogens with one attached hydrogen (secondary N) is 1. The number of para-hydroxylation sites is 1. The molecule has 0 saturated carbocycles. The van der Waals surface area contributed by atoms with Crippen LogP contribution in [-0.2, 0) is 9.53 Å². The molecule has 0 unspecified atom stereocenters. The number of ketones is 1. The van der Waals surface area contributed by atoms with Gasteiger partial charge >= 0.3 is 5.97 Å². The van der Waals surface area contributed by atoms with Crippen LogP contribution in [0.2, 0.25) is 0 Å². The number of Topliss-reactive ketones (excluding diaryl/α,β-unsaturated/α-hetero) is 1. The third-order valence-corrected chi connectivity index (χ3v) is 3.58. The Balaban J connectivity index is 2.12. The molecular formula is C19H21N3O4. The Morgan fingerprint density at radius 3 is 2.38 bits per heavy atom. The lowest BCUT2D eigenvalue weighted by Crippen LogP contribution is -2.26. The first kappa shape index (κ1) is 19.2. The van der Waals surface area contributed by atoms with E-state index in [-0.39, 0.29) is 29.3 Å². The lowest BCUT2D eigenvalue weighted by Gasteiger charge is -2.16. The Morgan fingerprint density at radius 2 is 1.77 bits per heavy atom. The molecule has 1 N–H and O–H groups in total. The second-order valence-electron chi connectivity index (χ2n) is 6.79. The lowest BCUT2D eigenvalue weighted by atomic mass is 9.91. The molecule has 7 heteroatoms. The molecule has 2 rings (SSSR count). The van der Waals surface area contributed by atoms with E-state index < -0.39 is 17.3 Å². The third-order valence-electron chi connectivity index (χ3n) is 3.58. The molecule has 0 atom stereocenters. The fraction of sp³-hybridized carbons (Fsp3) is 0.316. The summed E-state index contributed by atoms with van der Waals surface area (Å²) >= 11 is 0. The second-order valence-corrected chi connectivity index (χ2v) is 6.79. The zero-order valence-corrected chi connectivity index (χ0v) is 15.2. The molecule has 1 heterocycles. The first-order chi connectivity index (χ1) is 12.2. The van der Waals surface area contributed by atoms with Crippen LogP contribution < -0.4 is 5.32 Å². The van der Waals surface area contributed by atoms with E-state index in [0.717, 1.165) is 0 Å². The number of benzene rings is 1. The van der Waals surface area contributed by atoms with Gasteiger partial charge in [0.25, 0.3) is 5.91 Å². The van der Waals surface area contributed by atoms with Gasteiger partial charge in [0.2, 0.25) is 0 Å². The lowest BCUT2D eigenvalue weighted by molar-refractivity contribution is -0.129. The maximum absolute atomic E-state index is 12.3. The van der Waals surface area contributed by atoms with Crippen molar-refractivity contribution in [2.75, 3.05) is 11.9 Å². The SMILES string of the molecule is Cc1cnc(C(=O)Nc2ccccc2C(=O)OCC(=O)C(C)(C)C)cn1. The summed E-state index contributed by atoms with van der Waals surface area (Å²) in [5.74, 6) is -1.38. The average Bonchev–Trinajstić information content (AvgIpc) is 2.59. The number of amides is 1. The minimum absolute atomic E-state index is 0.127. The summed E-state index contributed by atoms with van der Waals surface area (Å²) in [6.45, 7) is 6.69. The van der Waals surface area contributed by atoms with Crippen molar-refractivity contribution >= 4 is 23.3 Å². The first-order valence-electron chi connectivity index (χ1n) is 8.08. The van der Waals surface area contributed by atoms with Gasteiger partial charge in [0.1, 0.15) is 5.69 Å². The van der Waals surface area contributed by atoms with Crippen LogP contribution in [0, 0.1) is 12.3 Å². The number of anilines is 1. The third kappa shape index (κ3) is 4.95. The summed E-state index contributed by atoms with van der Waals surface area (Å²) in [5.41, 5.74) is 0.643. The molecule has 0 aliphatic rings. The highest BCUT2D eigenvalue weighted by Crippen LogP contribution is 2.19. The second kappa shape index (κ2) is 7.86. The molecule has 0 aliphatic carbocycles. The molecular weight excluding hydrogens is 334 g/mol. The number of hydrogen-bond acceptors (Lipinski definition) is 6. The average molecular weight is 355 g/mol. The van der Waals surface area contributed by atoms with Crippen LogP contribution in [-0.4, -0.2) is 34.2 Å². The quantitative estimate of drug-likeness (QED) is 0.828. The van der Waals surface area contributed by atoms with Crippen molar-refractivity contribution in [1.82, 2.24) is 9.97 Å². The fourth-order valence-corrected chi connectivity index (χ4v) is 1.89. The van der Waals surface area contributed by atoms with Crippen LogP contribution in [0.3, 0.4) is 0 Å². The minimum Gasteiger partial charge on any atom is -0.454 e. The van der Waals surface area contributed by atoms with Gasteiger partial charge in [-0.15, -0.1) is 0 Å². The van der Waals surface area contributed by atoms with Crippen LogP contribution in [0.5, 0.6) is 0 Å². The summed E-state index contributed by atoms with van der Waals surface area (Å²) in [4.78, 5) is 44.5. The number of ether oxygens (including phenoxy) is 1. The molecule has 0 bridgehead atoms. The maximum Gasteiger partial charge on any atom is 0.340 e. The van der Waals surface area contributed by atoms with Crippen molar-refractivity contribution < 1.29 is 19.1 Å². The van der Waals surface area contributed by atoms with E-state index in [1.54, 1.807) is 45.9 Å². The molecule has 1 aromatic heterocycles. The first-order valence-corrected chi connectivity index (χ1v) is 8.08. The van der Waals surface area contributed by atoms with Crippen LogP contribution in [0.25, 0.3) is 0 Å². The number of aryl methyl sites for hydroxylation is 1. The van der Waals surface area contributed by atoms with Gasteiger partial charge in [0.15, 0.2) is 12.4 Å². The number of esters is 1. The van der Waals surface area contributed by atoms with Crippen molar-refractivity contribution in [3.63, 3.8) is 0 Å². The summed E-state index contributed by atoms with van der Waals surface area (Å²) in [6.07, 6.45) is 2.83. The Labute approximate surface area is 151 Å². The van der Waals surface area contributed by atoms with E-state index in [4.69, 9.17) is 4.74 Å². The summed E-state index contributed by atoms with van der Waals surface area (Å²) in [7, 11) is 0. The number of hydrogen-bond donors (Lipinski definition) is 1. The van der Waals surface area contributed by atoms with Gasteiger partial charge in [0.05, 0.1) is 23.1 Å². The van der Waals surface area contributed by atoms with Gasteiger partial charge in [0, 0.05) is 11.6 Å². The smallest absolute Gasteiger partial charge is 0.340 e. The largest absolute Gasteiger partial charge is 0.454 e. The molecule has 0 radical (unpaired) electrons. The molecule has 136 valence electrons. The monoisotopic (exact) mass is 355 g/mol. The molecule has 26 heavy (non-hydrogen) atoms. The zero-order valence-electron chi connectivity index (χ0n) is 15.2. The van der Waals surface area contributed by atoms with Crippen LogP contribution in [0.4, 0.5) is 5.69 Å². The van der Waals surface area contributed by atoms with Gasteiger partial charge in [-0.1, -0.05) is 32.9 Å². The van der Waals surface area contributed by atoms with E-state index in [1.807, 2.05) is 0 Å². The number of aromatic nitrogens is 2. The highest BCUT2D eigenvalue weighted by molar-refractivity contribution is 6.07. The van der Waals surface area contributed by atoms with E-state index >= 15 is 0 Å². The van der Waals surface area contributed by atoms with Gasteiger partial charge in [-0.25, -0.2) is 9.78 Å². The number of rotatable bonds is 5. The molecule has 0 saturated heterocycles. The molecule has 1 amide bonds. The van der Waals surface area contributed by atoms with E-state index in [9.17, 15) is 14.4 Å². The Kier molecular flexibility index (Phi) is 5.82. The number of nitrogens with zero attached hydrogens (tertiary/aromatic N) is 2. The van der Waals surface area contributed by atoms with Crippen molar-refractivity contribution in [2.24, 2.45) is 5.41 Å². The topological polar surface area (TPSA) is 98.3 Å². The van der Waals surface area contributed by atoms with E-state index in [0.29, 0.717) is 5.69 Å². The van der Waals surface area contributed by atoms with Gasteiger partial charge in [-0.05, 0) is 19.1 Å². The van der Waals surface area contributed by atoms with Crippen LogP contribution in [0.1, 0.15) is 47.3 Å². The number of carbonyl (C=O) groups excluding carboxylic acids is 3. The Hall–Kier alpha value is -3.09. The van der Waals surface area contributed by atoms with Gasteiger partial charge in [-0.3, -0.25) is 14.6 Å².